The van der Waals surface area contributed by atoms with Crippen molar-refractivity contribution >= 4 is 6.29 Å². The molecule has 4 heteroatoms. The van der Waals surface area contributed by atoms with Crippen LogP contribution in [0.25, 0.3) is 11.1 Å². The van der Waals surface area contributed by atoms with E-state index in [1.165, 1.54) is 12.1 Å². The fourth-order valence-corrected chi connectivity index (χ4v) is 2.53. The molecule has 2 aromatic rings. The molecule has 0 aliphatic carbocycles. The summed E-state index contributed by atoms with van der Waals surface area (Å²) < 4.78 is 27.5. The van der Waals surface area contributed by atoms with Crippen LogP contribution in [0.5, 0.6) is 0 Å². The Morgan fingerprint density at radius 2 is 1.96 bits per heavy atom. The van der Waals surface area contributed by atoms with Gasteiger partial charge in [-0.1, -0.05) is 24.3 Å². The van der Waals surface area contributed by atoms with Gasteiger partial charge in [-0.3, -0.25) is 0 Å². The molecular weight excluding hydrogens is 296 g/mol. The molecule has 2 nitrogen and oxygen atoms in total. The Hall–Kier alpha value is -2.54. The highest BCUT2D eigenvalue weighted by Gasteiger charge is 2.28. The second-order valence-electron chi connectivity index (χ2n) is 5.62. The van der Waals surface area contributed by atoms with Gasteiger partial charge in [-0.15, -0.1) is 0 Å². The maximum absolute atomic E-state index is 13.8. The van der Waals surface area contributed by atoms with Crippen LogP contribution in [0.4, 0.5) is 8.78 Å². The third-order valence-corrected chi connectivity index (χ3v) is 3.78. The first-order valence-electron chi connectivity index (χ1n) is 7.33. The number of carbonyl (C=O) groups is 1. The third-order valence-electron chi connectivity index (χ3n) is 3.78. The van der Waals surface area contributed by atoms with Crippen LogP contribution >= 0.6 is 0 Å². The van der Waals surface area contributed by atoms with Gasteiger partial charge in [-0.2, -0.15) is 5.26 Å². The van der Waals surface area contributed by atoms with Crippen LogP contribution in [0, 0.1) is 18.3 Å². The van der Waals surface area contributed by atoms with Crippen LogP contribution in [-0.4, -0.2) is 6.29 Å². The first-order valence-corrected chi connectivity index (χ1v) is 7.33. The maximum atomic E-state index is 13.8. The predicted octanol–water partition coefficient (Wildman–Crippen LogP) is 4.78. The molecule has 0 saturated carbocycles. The van der Waals surface area contributed by atoms with Crippen molar-refractivity contribution in [1.82, 2.24) is 0 Å². The number of rotatable bonds is 5. The Morgan fingerprint density at radius 3 is 2.57 bits per heavy atom. The normalized spacial score (nSPS) is 11.1. The van der Waals surface area contributed by atoms with E-state index in [2.05, 4.69) is 0 Å². The summed E-state index contributed by atoms with van der Waals surface area (Å²) in [7, 11) is 0. The van der Waals surface area contributed by atoms with Crippen molar-refractivity contribution in [3.8, 4) is 17.2 Å². The average molecular weight is 313 g/mol. The number of halogens is 2. The highest BCUT2D eigenvalue weighted by atomic mass is 19.3. The molecule has 0 saturated heterocycles. The lowest BCUT2D eigenvalue weighted by Crippen LogP contribution is -2.09. The van der Waals surface area contributed by atoms with Gasteiger partial charge in [0.05, 0.1) is 11.6 Å². The lowest BCUT2D eigenvalue weighted by Gasteiger charge is -2.15. The van der Waals surface area contributed by atoms with Gasteiger partial charge in [0, 0.05) is 18.9 Å². The summed E-state index contributed by atoms with van der Waals surface area (Å²) >= 11 is 0. The van der Waals surface area contributed by atoms with E-state index in [4.69, 9.17) is 5.26 Å². The van der Waals surface area contributed by atoms with E-state index >= 15 is 0 Å². The summed E-state index contributed by atoms with van der Waals surface area (Å²) in [6.45, 7) is 2.70. The minimum Gasteiger partial charge on any atom is -0.303 e. The van der Waals surface area contributed by atoms with Gasteiger partial charge in [0.1, 0.15) is 6.29 Å². The summed E-state index contributed by atoms with van der Waals surface area (Å²) in [6.07, 6.45) is 1.90. The highest BCUT2D eigenvalue weighted by Crippen LogP contribution is 2.34. The van der Waals surface area contributed by atoms with E-state index in [0.29, 0.717) is 18.4 Å². The third kappa shape index (κ3) is 3.81. The minimum atomic E-state index is -3.08. The zero-order valence-electron chi connectivity index (χ0n) is 13.1. The van der Waals surface area contributed by atoms with Crippen LogP contribution in [0.1, 0.15) is 35.6 Å². The second-order valence-corrected chi connectivity index (χ2v) is 5.62. The monoisotopic (exact) mass is 313 g/mol. The molecule has 0 atom stereocenters. The van der Waals surface area contributed by atoms with Gasteiger partial charge in [-0.25, -0.2) is 8.78 Å². The number of benzene rings is 2. The number of alkyl halides is 2. The number of nitriles is 1. The Labute approximate surface area is 134 Å². The van der Waals surface area contributed by atoms with Crippen LogP contribution in [-0.2, 0) is 17.1 Å². The number of carbonyl (C=O) groups excluding carboxylic acids is 1. The van der Waals surface area contributed by atoms with E-state index in [1.54, 1.807) is 6.07 Å². The Balaban J connectivity index is 2.54. The van der Waals surface area contributed by atoms with Crippen LogP contribution in [0.3, 0.4) is 0 Å². The van der Waals surface area contributed by atoms with Crippen molar-refractivity contribution < 1.29 is 13.6 Å². The molecule has 2 rings (SSSR count). The summed E-state index contributed by atoms with van der Waals surface area (Å²) in [5.74, 6) is -3.08. The minimum absolute atomic E-state index is 0.0176. The molecule has 0 N–H and O–H groups in total. The summed E-state index contributed by atoms with van der Waals surface area (Å²) in [5.41, 5.74) is 3.13. The molecule has 0 spiro atoms. The van der Waals surface area contributed by atoms with Gasteiger partial charge < -0.3 is 4.79 Å². The standard InChI is InChI=1S/C19H17F2NO/c1-13-5-6-14(4-3-9-23)10-17(13)15-7-8-16(12-22)18(11-15)19(2,20)21/h5-11H,3-4H2,1-2H3. The van der Waals surface area contributed by atoms with Gasteiger partial charge in [0.15, 0.2) is 0 Å². The van der Waals surface area contributed by atoms with Crippen molar-refractivity contribution in [2.75, 3.05) is 0 Å². The number of hydrogen-bond acceptors (Lipinski definition) is 2. The van der Waals surface area contributed by atoms with E-state index < -0.39 is 5.92 Å². The first kappa shape index (κ1) is 16.8. The smallest absolute Gasteiger partial charge is 0.271 e. The van der Waals surface area contributed by atoms with E-state index in [-0.39, 0.29) is 11.1 Å². The number of nitrogens with zero attached hydrogens (tertiary/aromatic N) is 1. The lowest BCUT2D eigenvalue weighted by atomic mass is 9.92. The first-order chi connectivity index (χ1) is 10.9. The van der Waals surface area contributed by atoms with E-state index in [0.717, 1.165) is 29.9 Å². The van der Waals surface area contributed by atoms with Crippen LogP contribution in [0.15, 0.2) is 36.4 Å². The molecule has 0 heterocycles. The van der Waals surface area contributed by atoms with Gasteiger partial charge >= 0.3 is 0 Å². The van der Waals surface area contributed by atoms with Crippen LogP contribution < -0.4 is 0 Å². The van der Waals surface area contributed by atoms with Crippen molar-refractivity contribution in [2.45, 2.75) is 32.6 Å². The molecule has 2 aromatic carbocycles. The largest absolute Gasteiger partial charge is 0.303 e. The molecule has 0 fully saturated rings. The zero-order chi connectivity index (χ0) is 17.0. The highest BCUT2D eigenvalue weighted by molar-refractivity contribution is 5.70. The van der Waals surface area contributed by atoms with Crippen molar-refractivity contribution in [3.63, 3.8) is 0 Å². The molecule has 0 aliphatic heterocycles. The molecule has 118 valence electrons. The Morgan fingerprint density at radius 1 is 1.22 bits per heavy atom. The average Bonchev–Trinajstić information content (AvgIpc) is 2.52. The molecule has 0 aliphatic rings. The van der Waals surface area contributed by atoms with Crippen LogP contribution in [0.2, 0.25) is 0 Å². The second kappa shape index (κ2) is 6.70. The van der Waals surface area contributed by atoms with Gasteiger partial charge in [-0.05, 0) is 47.7 Å². The molecule has 0 bridgehead atoms. The molecular formula is C19H17F2NO. The van der Waals surface area contributed by atoms with Crippen molar-refractivity contribution in [3.05, 3.63) is 58.7 Å². The summed E-state index contributed by atoms with van der Waals surface area (Å²) in [5, 5.41) is 9.02. The van der Waals surface area contributed by atoms with E-state index in [9.17, 15) is 13.6 Å². The van der Waals surface area contributed by atoms with E-state index in [1.807, 2.05) is 31.2 Å². The summed E-state index contributed by atoms with van der Waals surface area (Å²) in [4.78, 5) is 10.5. The molecule has 0 radical (unpaired) electrons. The van der Waals surface area contributed by atoms with Gasteiger partial charge in [0.25, 0.3) is 5.92 Å². The van der Waals surface area contributed by atoms with Crippen molar-refractivity contribution in [1.29, 1.82) is 5.26 Å². The zero-order valence-corrected chi connectivity index (χ0v) is 13.1. The Bertz CT molecular complexity index is 770. The maximum Gasteiger partial charge on any atom is 0.271 e. The molecule has 0 amide bonds. The molecule has 0 unspecified atom stereocenters. The topological polar surface area (TPSA) is 40.9 Å². The van der Waals surface area contributed by atoms with Gasteiger partial charge in [0.2, 0.25) is 0 Å². The summed E-state index contributed by atoms with van der Waals surface area (Å²) in [6, 6.07) is 12.1. The lowest BCUT2D eigenvalue weighted by molar-refractivity contribution is -0.107. The quantitative estimate of drug-likeness (QED) is 0.746. The van der Waals surface area contributed by atoms with Crippen molar-refractivity contribution in [2.24, 2.45) is 0 Å². The molecule has 23 heavy (non-hydrogen) atoms. The molecule has 0 aromatic heterocycles. The fourth-order valence-electron chi connectivity index (χ4n) is 2.53. The predicted molar refractivity (Wildman–Crippen MR) is 85.3 cm³/mol. The number of aldehydes is 1. The fraction of sp³-hybridized carbons (Fsp3) is 0.263. The number of hydrogen-bond donors (Lipinski definition) is 0. The number of aryl methyl sites for hydroxylation is 2. The SMILES string of the molecule is Cc1ccc(CCC=O)cc1-c1ccc(C#N)c(C(C)(F)F)c1. The Kier molecular flexibility index (Phi) is 4.90.